The number of aliphatic hydroxyl groups excluding tert-OH is 1. The van der Waals surface area contributed by atoms with Crippen LogP contribution in [0.15, 0.2) is 48.5 Å². The fourth-order valence-corrected chi connectivity index (χ4v) is 4.54. The van der Waals surface area contributed by atoms with Crippen LogP contribution >= 0.6 is 0 Å². The van der Waals surface area contributed by atoms with Crippen LogP contribution in [-0.4, -0.2) is 83.4 Å². The minimum Gasteiger partial charge on any atom is -0.491 e. The third-order valence-electron chi connectivity index (χ3n) is 6.53. The minimum atomic E-state index is -0.677. The largest absolute Gasteiger partial charge is 0.491 e. The van der Waals surface area contributed by atoms with Crippen LogP contribution in [-0.2, 0) is 11.8 Å². The number of aromatic nitrogens is 1. The van der Waals surface area contributed by atoms with Crippen molar-refractivity contribution in [2.24, 2.45) is 7.05 Å². The van der Waals surface area contributed by atoms with Gasteiger partial charge in [0, 0.05) is 61.9 Å². The molecule has 8 nitrogen and oxygen atoms in total. The molecule has 4 rings (SSSR count). The number of β-amino-alcohol motifs (C(OH)–C–C–N with tert-alkyl or cyclic N) is 1. The Kier molecular flexibility index (Phi) is 7.73. The lowest BCUT2D eigenvalue weighted by molar-refractivity contribution is 0.0403. The Morgan fingerprint density at radius 1 is 1.06 bits per heavy atom. The molecule has 1 aliphatic heterocycles. The molecule has 2 heterocycles. The van der Waals surface area contributed by atoms with E-state index in [2.05, 4.69) is 4.90 Å². The zero-order valence-electron chi connectivity index (χ0n) is 20.6. The Labute approximate surface area is 205 Å². The van der Waals surface area contributed by atoms with Gasteiger partial charge in [0.2, 0.25) is 0 Å². The Hall–Kier alpha value is -3.36. The van der Waals surface area contributed by atoms with Crippen molar-refractivity contribution in [3.63, 3.8) is 0 Å². The molecule has 186 valence electrons. The Morgan fingerprint density at radius 3 is 2.46 bits per heavy atom. The molecule has 0 unspecified atom stereocenters. The molecule has 0 spiro atoms. The summed E-state index contributed by atoms with van der Waals surface area (Å²) in [4.78, 5) is 29.1. The molecular weight excluding hydrogens is 446 g/mol. The highest BCUT2D eigenvalue weighted by Gasteiger charge is 2.24. The van der Waals surface area contributed by atoms with Crippen LogP contribution in [0.25, 0.3) is 10.9 Å². The summed E-state index contributed by atoms with van der Waals surface area (Å²) in [5, 5.41) is 11.3. The fourth-order valence-electron chi connectivity index (χ4n) is 4.54. The first kappa shape index (κ1) is 24.8. The monoisotopic (exact) mass is 479 g/mol. The van der Waals surface area contributed by atoms with Gasteiger partial charge in [-0.25, -0.2) is 4.79 Å². The van der Waals surface area contributed by atoms with E-state index in [0.717, 1.165) is 16.6 Å². The summed E-state index contributed by atoms with van der Waals surface area (Å²) in [6.07, 6.45) is -0.677. The number of nitrogens with zero attached hydrogens (tertiary/aromatic N) is 3. The van der Waals surface area contributed by atoms with E-state index in [1.54, 1.807) is 6.92 Å². The van der Waals surface area contributed by atoms with Gasteiger partial charge in [0.05, 0.1) is 12.2 Å². The van der Waals surface area contributed by atoms with Crippen LogP contribution in [0.5, 0.6) is 5.75 Å². The van der Waals surface area contributed by atoms with Crippen LogP contribution in [0, 0.1) is 6.92 Å². The molecule has 1 atom stereocenters. The smallest absolute Gasteiger partial charge is 0.340 e. The molecule has 1 aliphatic rings. The van der Waals surface area contributed by atoms with E-state index < -0.39 is 6.10 Å². The van der Waals surface area contributed by atoms with Crippen LogP contribution in [0.2, 0.25) is 0 Å². The molecule has 2 aromatic carbocycles. The van der Waals surface area contributed by atoms with Crippen LogP contribution in [0.3, 0.4) is 0 Å². The topological polar surface area (TPSA) is 84.2 Å². The van der Waals surface area contributed by atoms with E-state index in [9.17, 15) is 14.7 Å². The van der Waals surface area contributed by atoms with Crippen molar-refractivity contribution < 1.29 is 24.2 Å². The van der Waals surface area contributed by atoms with Gasteiger partial charge >= 0.3 is 5.97 Å². The number of hydrogen-bond acceptors (Lipinski definition) is 6. The molecule has 35 heavy (non-hydrogen) atoms. The quantitative estimate of drug-likeness (QED) is 0.500. The first-order valence-electron chi connectivity index (χ1n) is 12.0. The molecule has 1 amide bonds. The Balaban J connectivity index is 1.31. The van der Waals surface area contributed by atoms with Crippen LogP contribution < -0.4 is 4.74 Å². The van der Waals surface area contributed by atoms with E-state index in [0.29, 0.717) is 56.2 Å². The molecule has 1 saturated heterocycles. The van der Waals surface area contributed by atoms with Gasteiger partial charge in [-0.05, 0) is 44.2 Å². The number of aryl methyl sites for hydroxylation is 1. The second-order valence-corrected chi connectivity index (χ2v) is 8.84. The van der Waals surface area contributed by atoms with Crippen molar-refractivity contribution in [1.82, 2.24) is 14.4 Å². The van der Waals surface area contributed by atoms with Gasteiger partial charge in [-0.1, -0.05) is 18.2 Å². The normalized spacial score (nSPS) is 15.3. The maximum absolute atomic E-state index is 12.6. The molecule has 0 aliphatic carbocycles. The zero-order valence-corrected chi connectivity index (χ0v) is 20.6. The van der Waals surface area contributed by atoms with Gasteiger partial charge in [-0.3, -0.25) is 9.69 Å². The van der Waals surface area contributed by atoms with E-state index >= 15 is 0 Å². The van der Waals surface area contributed by atoms with E-state index in [-0.39, 0.29) is 18.5 Å². The van der Waals surface area contributed by atoms with Crippen LogP contribution in [0.4, 0.5) is 0 Å². The van der Waals surface area contributed by atoms with Crippen molar-refractivity contribution in [2.45, 2.75) is 20.0 Å². The maximum atomic E-state index is 12.6. The lowest BCUT2D eigenvalue weighted by Gasteiger charge is -2.35. The predicted octanol–water partition coefficient (Wildman–Crippen LogP) is 2.86. The highest BCUT2D eigenvalue weighted by molar-refractivity contribution is 6.06. The summed E-state index contributed by atoms with van der Waals surface area (Å²) in [5.74, 6) is 0.284. The molecule has 0 bridgehead atoms. The van der Waals surface area contributed by atoms with Crippen molar-refractivity contribution in [3.05, 3.63) is 65.4 Å². The number of fused-ring (bicyclic) bond motifs is 1. The number of carbonyl (C=O) groups is 2. The van der Waals surface area contributed by atoms with E-state index in [1.807, 2.05) is 72.0 Å². The van der Waals surface area contributed by atoms with Gasteiger partial charge in [-0.15, -0.1) is 0 Å². The molecule has 1 N–H and O–H groups in total. The molecule has 1 fully saturated rings. The molecular formula is C27H33N3O5. The molecule has 3 aromatic rings. The van der Waals surface area contributed by atoms with E-state index in [1.165, 1.54) is 0 Å². The lowest BCUT2D eigenvalue weighted by atomic mass is 10.1. The second-order valence-electron chi connectivity index (χ2n) is 8.84. The third kappa shape index (κ3) is 5.49. The average molecular weight is 480 g/mol. The SMILES string of the molecule is CCOC(=O)c1c(C)n(C)c2ccc(OC[C@H](O)CN3CCN(C(=O)c4ccccc4)CC3)cc12. The number of aliphatic hydroxyl groups is 1. The number of carbonyl (C=O) groups excluding carboxylic acids is 2. The van der Waals surface area contributed by atoms with Crippen molar-refractivity contribution in [2.75, 3.05) is 45.9 Å². The van der Waals surface area contributed by atoms with Gasteiger partial charge in [0.25, 0.3) is 5.91 Å². The highest BCUT2D eigenvalue weighted by atomic mass is 16.5. The standard InChI is InChI=1S/C27H33N3O5/c1-4-34-27(33)25-19(2)28(3)24-11-10-22(16-23(24)25)35-18-21(31)17-29-12-14-30(15-13-29)26(32)20-8-6-5-7-9-20/h5-11,16,21,31H,4,12-15,17-18H2,1-3H3/t21-/m1/s1. The summed E-state index contributed by atoms with van der Waals surface area (Å²) in [7, 11) is 1.91. The fraction of sp³-hybridized carbons (Fsp3) is 0.407. The van der Waals surface area contributed by atoms with Gasteiger partial charge in [-0.2, -0.15) is 0 Å². The number of rotatable bonds is 8. The number of amides is 1. The average Bonchev–Trinajstić information content (AvgIpc) is 3.12. The third-order valence-corrected chi connectivity index (χ3v) is 6.53. The maximum Gasteiger partial charge on any atom is 0.340 e. The molecule has 0 radical (unpaired) electrons. The molecule has 0 saturated carbocycles. The van der Waals surface area contributed by atoms with Gasteiger partial charge < -0.3 is 24.0 Å². The number of esters is 1. The summed E-state index contributed by atoms with van der Waals surface area (Å²) in [6.45, 7) is 7.25. The second kappa shape index (κ2) is 10.9. The van der Waals surface area contributed by atoms with Gasteiger partial charge in [0.15, 0.2) is 0 Å². The zero-order chi connectivity index (χ0) is 24.9. The van der Waals surface area contributed by atoms with Crippen molar-refractivity contribution in [3.8, 4) is 5.75 Å². The predicted molar refractivity (Wildman–Crippen MR) is 134 cm³/mol. The van der Waals surface area contributed by atoms with Crippen molar-refractivity contribution in [1.29, 1.82) is 0 Å². The van der Waals surface area contributed by atoms with Crippen molar-refractivity contribution >= 4 is 22.8 Å². The molecule has 1 aromatic heterocycles. The first-order valence-corrected chi connectivity index (χ1v) is 12.0. The number of piperazine rings is 1. The van der Waals surface area contributed by atoms with Gasteiger partial charge in [0.1, 0.15) is 18.5 Å². The number of ether oxygens (including phenoxy) is 2. The lowest BCUT2D eigenvalue weighted by Crippen LogP contribution is -2.50. The summed E-state index contributed by atoms with van der Waals surface area (Å²) >= 11 is 0. The Morgan fingerprint density at radius 2 is 1.77 bits per heavy atom. The summed E-state index contributed by atoms with van der Waals surface area (Å²) < 4.78 is 13.1. The Bertz CT molecular complexity index is 1180. The minimum absolute atomic E-state index is 0.0443. The van der Waals surface area contributed by atoms with Crippen LogP contribution in [0.1, 0.15) is 33.3 Å². The van der Waals surface area contributed by atoms with E-state index in [4.69, 9.17) is 9.47 Å². The number of benzene rings is 2. The number of hydrogen-bond donors (Lipinski definition) is 1. The molecule has 8 heteroatoms. The summed E-state index contributed by atoms with van der Waals surface area (Å²) in [6, 6.07) is 14.9. The highest BCUT2D eigenvalue weighted by Crippen LogP contribution is 2.29. The summed E-state index contributed by atoms with van der Waals surface area (Å²) in [5.41, 5.74) is 2.99. The first-order chi connectivity index (χ1) is 16.9.